The molecule has 0 aliphatic carbocycles. The van der Waals surface area contributed by atoms with Crippen molar-refractivity contribution < 1.29 is 4.39 Å². The van der Waals surface area contributed by atoms with Crippen molar-refractivity contribution in [3.8, 4) is 5.69 Å². The minimum absolute atomic E-state index is 0.158. The molecule has 5 rings (SSSR count). The SMILES string of the molecule is Cc1ccc(-n2cccc2[C@H]2[C@H](c3ccccn3)NC(=S)N2c2ccc(F)cc2)cc1C. The van der Waals surface area contributed by atoms with E-state index in [2.05, 4.69) is 64.1 Å². The third kappa shape index (κ3) is 3.56. The Morgan fingerprint density at radius 2 is 1.69 bits per heavy atom. The maximum absolute atomic E-state index is 13.7. The maximum Gasteiger partial charge on any atom is 0.174 e. The first-order chi connectivity index (χ1) is 15.5. The maximum atomic E-state index is 13.7. The molecule has 0 bridgehead atoms. The van der Waals surface area contributed by atoms with Crippen molar-refractivity contribution >= 4 is 23.0 Å². The summed E-state index contributed by atoms with van der Waals surface area (Å²) in [6.45, 7) is 4.23. The van der Waals surface area contributed by atoms with Crippen molar-refractivity contribution in [2.24, 2.45) is 0 Å². The van der Waals surface area contributed by atoms with E-state index in [1.54, 1.807) is 18.3 Å². The average Bonchev–Trinajstić information content (AvgIpc) is 3.41. The number of halogens is 1. The van der Waals surface area contributed by atoms with Crippen molar-refractivity contribution in [3.63, 3.8) is 0 Å². The van der Waals surface area contributed by atoms with Gasteiger partial charge in [0.15, 0.2) is 5.11 Å². The highest BCUT2D eigenvalue weighted by Gasteiger charge is 2.42. The van der Waals surface area contributed by atoms with Gasteiger partial charge in [0.2, 0.25) is 0 Å². The molecule has 0 unspecified atom stereocenters. The number of pyridine rings is 1. The van der Waals surface area contributed by atoms with E-state index in [1.807, 2.05) is 24.3 Å². The van der Waals surface area contributed by atoms with Crippen molar-refractivity contribution in [2.75, 3.05) is 4.90 Å². The fraction of sp³-hybridized carbons (Fsp3) is 0.154. The van der Waals surface area contributed by atoms with Crippen molar-refractivity contribution in [3.05, 3.63) is 114 Å². The molecule has 6 heteroatoms. The fourth-order valence-corrected chi connectivity index (χ4v) is 4.63. The number of nitrogens with zero attached hydrogens (tertiary/aromatic N) is 3. The Morgan fingerprint density at radius 1 is 0.906 bits per heavy atom. The number of rotatable bonds is 4. The topological polar surface area (TPSA) is 33.1 Å². The summed E-state index contributed by atoms with van der Waals surface area (Å²) in [6, 6.07) is 22.6. The van der Waals surface area contributed by atoms with E-state index in [9.17, 15) is 4.39 Å². The van der Waals surface area contributed by atoms with Crippen LogP contribution in [-0.4, -0.2) is 14.7 Å². The van der Waals surface area contributed by atoms with E-state index in [0.717, 1.165) is 22.8 Å². The number of anilines is 1. The first-order valence-electron chi connectivity index (χ1n) is 10.5. The molecule has 160 valence electrons. The first kappa shape index (κ1) is 20.4. The molecule has 2 aromatic carbocycles. The minimum atomic E-state index is -0.275. The molecule has 0 amide bonds. The van der Waals surface area contributed by atoms with Gasteiger partial charge in [0.25, 0.3) is 0 Å². The van der Waals surface area contributed by atoms with Crippen molar-refractivity contribution in [1.29, 1.82) is 0 Å². The van der Waals surface area contributed by atoms with Gasteiger partial charge in [-0.3, -0.25) is 4.98 Å². The van der Waals surface area contributed by atoms with E-state index in [1.165, 1.54) is 23.3 Å². The number of aryl methyl sites for hydroxylation is 2. The number of hydrogen-bond donors (Lipinski definition) is 1. The van der Waals surface area contributed by atoms with Crippen molar-refractivity contribution in [1.82, 2.24) is 14.9 Å². The Hall–Kier alpha value is -3.51. The largest absolute Gasteiger partial charge is 0.351 e. The van der Waals surface area contributed by atoms with Crippen LogP contribution in [0.25, 0.3) is 5.69 Å². The molecule has 3 heterocycles. The molecule has 2 atom stereocenters. The number of nitrogens with one attached hydrogen (secondary N) is 1. The van der Waals surface area contributed by atoms with Crippen LogP contribution in [0.2, 0.25) is 0 Å². The summed E-state index contributed by atoms with van der Waals surface area (Å²) in [7, 11) is 0. The zero-order valence-electron chi connectivity index (χ0n) is 17.9. The lowest BCUT2D eigenvalue weighted by molar-refractivity contribution is 0.549. The van der Waals surface area contributed by atoms with Gasteiger partial charge in [-0.1, -0.05) is 12.1 Å². The second-order valence-electron chi connectivity index (χ2n) is 8.04. The molecule has 0 radical (unpaired) electrons. The van der Waals surface area contributed by atoms with E-state index >= 15 is 0 Å². The fourth-order valence-electron chi connectivity index (χ4n) is 4.28. The highest BCUT2D eigenvalue weighted by molar-refractivity contribution is 7.80. The summed E-state index contributed by atoms with van der Waals surface area (Å²) in [5, 5.41) is 4.05. The monoisotopic (exact) mass is 442 g/mol. The lowest BCUT2D eigenvalue weighted by Gasteiger charge is -2.29. The quantitative estimate of drug-likeness (QED) is 0.405. The Balaban J connectivity index is 1.67. The zero-order chi connectivity index (χ0) is 22.2. The molecular weight excluding hydrogens is 419 g/mol. The number of hydrogen-bond acceptors (Lipinski definition) is 2. The third-order valence-electron chi connectivity index (χ3n) is 6.05. The summed E-state index contributed by atoms with van der Waals surface area (Å²) in [5.74, 6) is -0.275. The van der Waals surface area contributed by atoms with Crippen LogP contribution < -0.4 is 10.2 Å². The van der Waals surface area contributed by atoms with Crippen LogP contribution in [0, 0.1) is 19.7 Å². The minimum Gasteiger partial charge on any atom is -0.351 e. The number of aromatic nitrogens is 2. The molecule has 32 heavy (non-hydrogen) atoms. The van der Waals surface area contributed by atoms with Crippen LogP contribution in [0.3, 0.4) is 0 Å². The smallest absolute Gasteiger partial charge is 0.174 e. The van der Waals surface area contributed by atoms with Crippen molar-refractivity contribution in [2.45, 2.75) is 25.9 Å². The molecule has 4 nitrogen and oxygen atoms in total. The molecule has 1 aliphatic heterocycles. The molecule has 0 spiro atoms. The highest BCUT2D eigenvalue weighted by Crippen LogP contribution is 2.42. The van der Waals surface area contributed by atoms with Gasteiger partial charge in [0, 0.05) is 29.5 Å². The van der Waals surface area contributed by atoms with E-state index in [4.69, 9.17) is 12.2 Å². The predicted octanol–water partition coefficient (Wildman–Crippen LogP) is 5.81. The highest BCUT2D eigenvalue weighted by atomic mass is 32.1. The van der Waals surface area contributed by atoms with E-state index in [0.29, 0.717) is 5.11 Å². The van der Waals surface area contributed by atoms with Gasteiger partial charge in [-0.15, -0.1) is 0 Å². The molecule has 2 aromatic heterocycles. The number of benzene rings is 2. The molecule has 0 saturated carbocycles. The number of thiocarbonyl (C=S) groups is 1. The Kier molecular flexibility index (Phi) is 5.23. The zero-order valence-corrected chi connectivity index (χ0v) is 18.7. The van der Waals surface area contributed by atoms with E-state index in [-0.39, 0.29) is 17.9 Å². The Labute approximate surface area is 192 Å². The van der Waals surface area contributed by atoms with Crippen LogP contribution in [0.4, 0.5) is 10.1 Å². The second-order valence-corrected chi connectivity index (χ2v) is 8.43. The third-order valence-corrected chi connectivity index (χ3v) is 6.37. The van der Waals surface area contributed by atoms with Gasteiger partial charge in [-0.05, 0) is 97.9 Å². The van der Waals surface area contributed by atoms with Crippen LogP contribution in [0.5, 0.6) is 0 Å². The second kappa shape index (κ2) is 8.20. The molecule has 1 fully saturated rings. The average molecular weight is 443 g/mol. The molecule has 1 aliphatic rings. The van der Waals surface area contributed by atoms with Gasteiger partial charge >= 0.3 is 0 Å². The summed E-state index contributed by atoms with van der Waals surface area (Å²) >= 11 is 5.77. The van der Waals surface area contributed by atoms with Gasteiger partial charge in [0.05, 0.1) is 11.7 Å². The van der Waals surface area contributed by atoms with E-state index < -0.39 is 0 Å². The Morgan fingerprint density at radius 3 is 2.41 bits per heavy atom. The van der Waals surface area contributed by atoms with Gasteiger partial charge in [-0.25, -0.2) is 4.39 Å². The summed E-state index contributed by atoms with van der Waals surface area (Å²) in [4.78, 5) is 6.66. The van der Waals surface area contributed by atoms with Crippen LogP contribution >= 0.6 is 12.2 Å². The van der Waals surface area contributed by atoms with Crippen LogP contribution in [-0.2, 0) is 0 Å². The summed E-state index contributed by atoms with van der Waals surface area (Å²) in [5.41, 5.74) is 6.38. The summed E-state index contributed by atoms with van der Waals surface area (Å²) < 4.78 is 15.9. The van der Waals surface area contributed by atoms with Crippen LogP contribution in [0.1, 0.15) is 34.6 Å². The standard InChI is InChI=1S/C26H23FN4S/c1-17-8-11-21(16-18(17)2)30-15-5-7-23(30)25-24(22-6-3-4-14-28-22)29-26(32)31(25)20-12-9-19(27)10-13-20/h3-16,24-25H,1-2H3,(H,29,32)/t24-,25-/m0/s1. The molecule has 1 N–H and O–H groups in total. The first-order valence-corrected chi connectivity index (χ1v) is 10.9. The lowest BCUT2D eigenvalue weighted by Crippen LogP contribution is -2.30. The normalized spacial score (nSPS) is 18.1. The van der Waals surface area contributed by atoms with Gasteiger partial charge in [0.1, 0.15) is 11.9 Å². The molecular formula is C26H23FN4S. The summed E-state index contributed by atoms with van der Waals surface area (Å²) in [6.07, 6.45) is 3.86. The molecule has 1 saturated heterocycles. The van der Waals surface area contributed by atoms with Gasteiger partial charge < -0.3 is 14.8 Å². The Bertz CT molecular complexity index is 1270. The lowest BCUT2D eigenvalue weighted by atomic mass is 10.0. The predicted molar refractivity (Wildman–Crippen MR) is 130 cm³/mol. The van der Waals surface area contributed by atoms with Gasteiger partial charge in [-0.2, -0.15) is 0 Å². The van der Waals surface area contributed by atoms with Crippen LogP contribution in [0.15, 0.2) is 85.2 Å². The molecule has 4 aromatic rings.